The zero-order valence-electron chi connectivity index (χ0n) is 47.0. The van der Waals surface area contributed by atoms with Crippen molar-refractivity contribution in [2.75, 3.05) is 63.2 Å². The van der Waals surface area contributed by atoms with Crippen molar-refractivity contribution < 1.29 is 64.1 Å². The van der Waals surface area contributed by atoms with Crippen LogP contribution < -0.4 is 31.3 Å². The van der Waals surface area contributed by atoms with Gasteiger partial charge in [-0.3, -0.25) is 19.3 Å². The smallest absolute Gasteiger partial charge is 0.417 e. The van der Waals surface area contributed by atoms with Gasteiger partial charge < -0.3 is 46.1 Å². The van der Waals surface area contributed by atoms with Crippen molar-refractivity contribution in [1.82, 2.24) is 35.7 Å². The number of nitriles is 1. The predicted molar refractivity (Wildman–Crippen MR) is 303 cm³/mol. The van der Waals surface area contributed by atoms with Gasteiger partial charge >= 0.3 is 12.2 Å². The van der Waals surface area contributed by atoms with Crippen LogP contribution >= 0.6 is 11.3 Å². The molecule has 4 aromatic carbocycles. The summed E-state index contributed by atoms with van der Waals surface area (Å²) in [6, 6.07) is 8.80. The van der Waals surface area contributed by atoms with Gasteiger partial charge in [-0.25, -0.2) is 22.0 Å². The maximum absolute atomic E-state index is 17.4. The Morgan fingerprint density at radius 2 is 1.61 bits per heavy atom. The molecule has 16 nitrogen and oxygen atoms in total. The number of aliphatic hydroxyl groups excluding tert-OH is 1. The summed E-state index contributed by atoms with van der Waals surface area (Å²) in [4.78, 5) is 55.7. The molecule has 0 spiro atoms. The highest BCUT2D eigenvalue weighted by molar-refractivity contribution is 7.23. The van der Waals surface area contributed by atoms with Gasteiger partial charge in [-0.2, -0.15) is 28.4 Å². The highest BCUT2D eigenvalue weighted by Crippen LogP contribution is 2.48. The number of halogens is 8. The van der Waals surface area contributed by atoms with Gasteiger partial charge in [0.05, 0.1) is 40.1 Å². The molecule has 25 heteroatoms. The lowest BCUT2D eigenvalue weighted by atomic mass is 9.85. The van der Waals surface area contributed by atoms with Crippen LogP contribution in [0.1, 0.15) is 95.4 Å². The molecule has 10 rings (SSSR count). The molecule has 3 unspecified atom stereocenters. The van der Waals surface area contributed by atoms with Crippen LogP contribution in [0.15, 0.2) is 54.6 Å². The summed E-state index contributed by atoms with van der Waals surface area (Å²) in [6.07, 6.45) is -2.52. The highest BCUT2D eigenvalue weighted by atomic mass is 32.1. The number of nitrogen functional groups attached to an aromatic ring is 1. The number of nitrogens with two attached hydrogens (primary N) is 1. The second-order valence-corrected chi connectivity index (χ2v) is 24.4. The summed E-state index contributed by atoms with van der Waals surface area (Å²) in [5.74, 6) is -7.19. The number of aliphatic hydroxyl groups is 1. The summed E-state index contributed by atoms with van der Waals surface area (Å²) < 4.78 is 133. The van der Waals surface area contributed by atoms with Crippen molar-refractivity contribution in [3.63, 3.8) is 0 Å². The van der Waals surface area contributed by atoms with Crippen molar-refractivity contribution in [3.8, 4) is 34.3 Å². The van der Waals surface area contributed by atoms with Gasteiger partial charge in [0.1, 0.15) is 52.7 Å². The first-order valence-corrected chi connectivity index (χ1v) is 29.0. The Labute approximate surface area is 488 Å². The summed E-state index contributed by atoms with van der Waals surface area (Å²) in [5, 5.41) is 29.3. The molecule has 0 radical (unpaired) electrons. The fourth-order valence-electron chi connectivity index (χ4n) is 12.1. The lowest BCUT2D eigenvalue weighted by Gasteiger charge is -2.35. The van der Waals surface area contributed by atoms with Crippen LogP contribution in [0.25, 0.3) is 43.2 Å². The highest BCUT2D eigenvalue weighted by Gasteiger charge is 2.45. The standard InChI is InChI=1S/C60H64F8N10O6S/c1-30(31-8-10-32(11-9-31)46-41(61)16-17-42(62)49(46)64)71-56(81)44-23-36(79)28-78(44)57(82)53(59(2,3)4)73-45(80)18-22-83-21-6-20-76-19-5-7-35(76)29-84-58-74-51-38(55(75-58)77-26-33-12-13-34(27-77)72-33)24-40(60(66,67)68)48(50(51)65)37-14-15-43(63)52-47(37)39(25-69)54(70)85-52/h8-11,14-17,24,30,33-36,44,53,72,79H,5-7,12-13,18-23,26-29,70H2,1-4H3,(H,71,81)(H,73,80)/t30-,33?,34?,35?,36+,44-,53+/m0/s1. The molecule has 6 heterocycles. The molecule has 4 saturated heterocycles. The number of alkyl halides is 3. The molecule has 3 amide bonds. The third-order valence-corrected chi connectivity index (χ3v) is 17.4. The van der Waals surface area contributed by atoms with E-state index in [0.717, 1.165) is 49.9 Å². The van der Waals surface area contributed by atoms with E-state index in [4.69, 9.17) is 15.2 Å². The number of thiophene rings is 1. The molecule has 4 aliphatic heterocycles. The number of hydrogen-bond acceptors (Lipinski definition) is 14. The number of hydrogen-bond donors (Lipinski definition) is 5. The molecule has 7 atom stereocenters. The van der Waals surface area contributed by atoms with Gasteiger partial charge in [-0.15, -0.1) is 11.3 Å². The molecule has 4 aliphatic rings. The molecule has 452 valence electrons. The maximum Gasteiger partial charge on any atom is 0.417 e. The van der Waals surface area contributed by atoms with E-state index >= 15 is 22.0 Å². The maximum atomic E-state index is 17.4. The molecule has 2 bridgehead atoms. The SMILES string of the molecule is C[C@H](NC(=O)[C@@H]1C[C@@H](O)CN1C(=O)[C@@H](NC(=O)CCOCCCN1CCCC1COc1nc(N2CC3CCC(C2)N3)c2cc(C(F)(F)F)c(-c3ccc(F)c4sc(N)c(C#N)c34)c(F)c2n1)C(C)(C)C)c1ccc(-c2c(F)ccc(F)c2F)cc1. The van der Waals surface area contributed by atoms with E-state index in [9.17, 15) is 37.9 Å². The first kappa shape index (κ1) is 60.9. The average molecular weight is 1210 g/mol. The van der Waals surface area contributed by atoms with Crippen molar-refractivity contribution in [2.24, 2.45) is 5.41 Å². The van der Waals surface area contributed by atoms with Crippen LogP contribution in [0.5, 0.6) is 6.01 Å². The number of benzene rings is 4. The van der Waals surface area contributed by atoms with Crippen molar-refractivity contribution in [2.45, 2.75) is 121 Å². The quantitative estimate of drug-likeness (QED) is 0.0309. The van der Waals surface area contributed by atoms with E-state index < -0.39 is 105 Å². The Kier molecular flexibility index (Phi) is 17.6. The van der Waals surface area contributed by atoms with E-state index in [2.05, 4.69) is 30.8 Å². The number of nitrogens with zero attached hydrogens (tertiary/aromatic N) is 6. The first-order valence-electron chi connectivity index (χ1n) is 28.2. The van der Waals surface area contributed by atoms with Crippen molar-refractivity contribution in [3.05, 3.63) is 100 Å². The third-order valence-electron chi connectivity index (χ3n) is 16.4. The van der Waals surface area contributed by atoms with Crippen LogP contribution in [0, 0.1) is 45.8 Å². The van der Waals surface area contributed by atoms with E-state index in [1.807, 2.05) is 11.0 Å². The van der Waals surface area contributed by atoms with Gasteiger partial charge in [-0.1, -0.05) is 51.1 Å². The van der Waals surface area contributed by atoms with Gasteiger partial charge in [0.25, 0.3) is 0 Å². The predicted octanol–water partition coefficient (Wildman–Crippen LogP) is 9.30. The number of piperazine rings is 1. The van der Waals surface area contributed by atoms with Crippen molar-refractivity contribution >= 4 is 60.9 Å². The number of carbonyl (C=O) groups is 3. The molecule has 6 aromatic rings. The Morgan fingerprint density at radius 3 is 2.31 bits per heavy atom. The topological polar surface area (TPSA) is 211 Å². The van der Waals surface area contributed by atoms with Crippen LogP contribution in [0.3, 0.4) is 0 Å². The van der Waals surface area contributed by atoms with E-state index in [1.165, 1.54) is 29.2 Å². The third kappa shape index (κ3) is 12.7. The van der Waals surface area contributed by atoms with Crippen LogP contribution in [0.4, 0.5) is 45.9 Å². The van der Waals surface area contributed by atoms with Crippen LogP contribution in [-0.2, 0) is 25.3 Å². The molecule has 4 fully saturated rings. The molecule has 2 aromatic heterocycles. The molecule has 85 heavy (non-hydrogen) atoms. The number of amides is 3. The fourth-order valence-corrected chi connectivity index (χ4v) is 13.1. The Morgan fingerprint density at radius 1 is 0.906 bits per heavy atom. The van der Waals surface area contributed by atoms with Crippen LogP contribution in [0.2, 0.25) is 0 Å². The molecule has 6 N–H and O–H groups in total. The monoisotopic (exact) mass is 1200 g/mol. The number of rotatable bonds is 18. The number of nitrogens with one attached hydrogen (secondary N) is 3. The average Bonchev–Trinajstić information content (AvgIpc) is 2.94. The van der Waals surface area contributed by atoms with Gasteiger partial charge in [0.15, 0.2) is 17.5 Å². The number of ether oxygens (including phenoxy) is 2. The Hall–Kier alpha value is -7.24. The number of carbonyl (C=O) groups excluding carboxylic acids is 3. The van der Waals surface area contributed by atoms with Gasteiger partial charge in [0, 0.05) is 80.1 Å². The van der Waals surface area contributed by atoms with Gasteiger partial charge in [-0.05, 0) is 91.9 Å². The van der Waals surface area contributed by atoms with E-state index in [1.54, 1.807) is 27.7 Å². The van der Waals surface area contributed by atoms with Crippen LogP contribution in [-0.4, -0.2) is 131 Å². The lowest BCUT2D eigenvalue weighted by Crippen LogP contribution is -2.58. The summed E-state index contributed by atoms with van der Waals surface area (Å²) in [5.41, 5.74) is 1.96. The second-order valence-electron chi connectivity index (χ2n) is 23.3. The molecular weight excluding hydrogens is 1140 g/mol. The number of likely N-dealkylation sites (tertiary alicyclic amines) is 2. The zero-order chi connectivity index (χ0) is 60.8. The number of aromatic nitrogens is 2. The first-order chi connectivity index (χ1) is 40.4. The zero-order valence-corrected chi connectivity index (χ0v) is 47.8. The lowest BCUT2D eigenvalue weighted by molar-refractivity contribution is -0.144. The summed E-state index contributed by atoms with van der Waals surface area (Å²) in [6.45, 7) is 9.19. The summed E-state index contributed by atoms with van der Waals surface area (Å²) in [7, 11) is 0. The normalized spacial score (nSPS) is 20.7. The molecular formula is C60H64F8N10O6S. The van der Waals surface area contributed by atoms with E-state index in [0.29, 0.717) is 55.6 Å². The number of β-amino-alcohol motifs (C(OH)–C–C–N with tert-alkyl or cyclic N) is 1. The minimum absolute atomic E-state index is 0.0215. The summed E-state index contributed by atoms with van der Waals surface area (Å²) >= 11 is 0.680. The fraction of sp³-hybridized carbons (Fsp3) is 0.467. The Balaban J connectivity index is 0.753. The number of fused-ring (bicyclic) bond motifs is 4. The molecule has 0 aliphatic carbocycles. The van der Waals surface area contributed by atoms with Crippen molar-refractivity contribution in [1.29, 1.82) is 5.26 Å². The minimum Gasteiger partial charge on any atom is -0.462 e. The number of anilines is 2. The molecule has 0 saturated carbocycles. The Bertz CT molecular complexity index is 3570. The minimum atomic E-state index is -5.11. The van der Waals surface area contributed by atoms with E-state index in [-0.39, 0.29) is 106 Å². The largest absolute Gasteiger partial charge is 0.462 e. The second kappa shape index (κ2) is 24.6. The van der Waals surface area contributed by atoms with Gasteiger partial charge in [0.2, 0.25) is 17.7 Å².